The van der Waals surface area contributed by atoms with Crippen molar-refractivity contribution in [1.29, 1.82) is 0 Å². The number of carbonyl (C=O) groups excluding carboxylic acids is 2. The van der Waals surface area contributed by atoms with E-state index < -0.39 is 16.1 Å². The zero-order valence-corrected chi connectivity index (χ0v) is 34.7. The van der Waals surface area contributed by atoms with Gasteiger partial charge in [-0.05, 0) is 103 Å². The van der Waals surface area contributed by atoms with Gasteiger partial charge in [0, 0.05) is 41.6 Å². The summed E-state index contributed by atoms with van der Waals surface area (Å²) in [5.74, 6) is 2.09. The predicted octanol–water partition coefficient (Wildman–Crippen LogP) is 9.01. The molecule has 2 bridgehead atoms. The molecule has 12 nitrogen and oxygen atoms in total. The fraction of sp³-hybridized carbons (Fsp3) is 0.356. The molecule has 3 aliphatic heterocycles. The summed E-state index contributed by atoms with van der Waals surface area (Å²) in [7, 11) is -0.612. The van der Waals surface area contributed by atoms with Crippen molar-refractivity contribution < 1.29 is 32.2 Å². The Bertz CT molecular complexity index is 2460. The van der Waals surface area contributed by atoms with Crippen LogP contribution in [0.1, 0.15) is 73.6 Å². The third-order valence-corrected chi connectivity index (χ3v) is 11.8. The zero-order valence-electron chi connectivity index (χ0n) is 33.9. The lowest BCUT2D eigenvalue weighted by molar-refractivity contribution is 0.0206. The van der Waals surface area contributed by atoms with Crippen LogP contribution in [0.25, 0.3) is 10.8 Å². The van der Waals surface area contributed by atoms with E-state index in [0.717, 1.165) is 72.7 Å². The zero-order chi connectivity index (χ0) is 41.2. The molecule has 58 heavy (non-hydrogen) atoms. The SMILES string of the molecule is COc1cc(Cc2cc(Oc3ccc(NC(=O)Nc4cc(C(C)(C)C)cc(NS(C)(=O)=O)c4OC)c4ccccc34)ccn2)ccc1C(=O)CC12CCN(CC1)CC2. The minimum atomic E-state index is -3.64. The van der Waals surface area contributed by atoms with Crippen LogP contribution in [0.2, 0.25) is 0 Å². The molecule has 5 aromatic rings. The van der Waals surface area contributed by atoms with Crippen LogP contribution in [-0.4, -0.2) is 70.2 Å². The molecule has 13 heteroatoms. The summed E-state index contributed by atoms with van der Waals surface area (Å²) in [5.41, 5.74) is 3.98. The van der Waals surface area contributed by atoms with Crippen molar-refractivity contribution in [3.05, 3.63) is 107 Å². The summed E-state index contributed by atoms with van der Waals surface area (Å²) in [6, 6.07) is 23.6. The van der Waals surface area contributed by atoms with Gasteiger partial charge >= 0.3 is 6.03 Å². The highest BCUT2D eigenvalue weighted by Crippen LogP contribution is 2.44. The van der Waals surface area contributed by atoms with Gasteiger partial charge in [0.25, 0.3) is 0 Å². The number of carbonyl (C=O) groups is 2. The first-order valence-corrected chi connectivity index (χ1v) is 21.4. The molecule has 4 aromatic carbocycles. The van der Waals surface area contributed by atoms with Crippen LogP contribution in [0.15, 0.2) is 85.1 Å². The van der Waals surface area contributed by atoms with Crippen LogP contribution in [0.5, 0.6) is 23.0 Å². The molecule has 0 saturated carbocycles. The van der Waals surface area contributed by atoms with Gasteiger partial charge in [-0.15, -0.1) is 0 Å². The Morgan fingerprint density at radius 1 is 0.810 bits per heavy atom. The molecule has 3 aliphatic rings. The third-order valence-electron chi connectivity index (χ3n) is 11.2. The molecule has 4 heterocycles. The van der Waals surface area contributed by atoms with Gasteiger partial charge in [0.15, 0.2) is 11.5 Å². The van der Waals surface area contributed by atoms with Crippen molar-refractivity contribution in [2.24, 2.45) is 5.41 Å². The lowest BCUT2D eigenvalue weighted by Gasteiger charge is -2.48. The maximum atomic E-state index is 13.5. The summed E-state index contributed by atoms with van der Waals surface area (Å²) in [6.07, 6.45) is 7.08. The third kappa shape index (κ3) is 9.21. The van der Waals surface area contributed by atoms with Crippen molar-refractivity contribution in [3.8, 4) is 23.0 Å². The number of nitrogens with zero attached hydrogens (tertiary/aromatic N) is 2. The predicted molar refractivity (Wildman–Crippen MR) is 229 cm³/mol. The Hall–Kier alpha value is -5.66. The van der Waals surface area contributed by atoms with E-state index in [0.29, 0.717) is 47.0 Å². The number of aromatic nitrogens is 1. The van der Waals surface area contributed by atoms with E-state index in [-0.39, 0.29) is 28.1 Å². The molecular weight excluding hydrogens is 755 g/mol. The fourth-order valence-electron chi connectivity index (χ4n) is 8.02. The second kappa shape index (κ2) is 16.3. The Morgan fingerprint density at radius 3 is 2.17 bits per heavy atom. The number of rotatable bonds is 13. The van der Waals surface area contributed by atoms with E-state index in [1.807, 2.05) is 69.3 Å². The average molecular weight is 806 g/mol. The summed E-state index contributed by atoms with van der Waals surface area (Å²) < 4.78 is 44.6. The van der Waals surface area contributed by atoms with Crippen LogP contribution in [0.3, 0.4) is 0 Å². The van der Waals surface area contributed by atoms with Gasteiger partial charge < -0.3 is 29.7 Å². The highest BCUT2D eigenvalue weighted by atomic mass is 32.2. The number of amides is 2. The number of pyridine rings is 1. The number of hydrogen-bond donors (Lipinski definition) is 3. The number of sulfonamides is 1. The number of Topliss-reactive ketones (excluding diaryl/α,β-unsaturated/α-hetero) is 1. The van der Waals surface area contributed by atoms with Crippen LogP contribution < -0.4 is 29.6 Å². The van der Waals surface area contributed by atoms with Crippen molar-refractivity contribution in [1.82, 2.24) is 9.88 Å². The van der Waals surface area contributed by atoms with Crippen molar-refractivity contribution in [2.45, 2.75) is 58.3 Å². The first kappa shape index (κ1) is 40.5. The van der Waals surface area contributed by atoms with E-state index in [1.54, 1.807) is 43.6 Å². The topological polar surface area (TPSA) is 148 Å². The maximum Gasteiger partial charge on any atom is 0.323 e. The standard InChI is InChI=1S/C45H51N5O7S/c1-44(2,3)30-25-37(42(56-5)38(26-30)49-58(6,53)54)48-43(52)47-36-13-14-40(34-10-8-7-9-33(34)36)57-32-15-19-46-31(27-32)23-29-11-12-35(41(24-29)55-4)39(51)28-45-16-20-50(21-17-45)22-18-45/h7-15,19,24-27,49H,16-18,20-23,28H2,1-6H3,(H2,47,48,52). The molecule has 8 rings (SSSR count). The second-order valence-corrected chi connectivity index (χ2v) is 18.2. The van der Waals surface area contributed by atoms with Gasteiger partial charge in [-0.3, -0.25) is 14.5 Å². The Morgan fingerprint density at radius 2 is 1.50 bits per heavy atom. The largest absolute Gasteiger partial charge is 0.496 e. The summed E-state index contributed by atoms with van der Waals surface area (Å²) >= 11 is 0. The normalized spacial score (nSPS) is 17.7. The number of ether oxygens (including phenoxy) is 3. The molecule has 0 radical (unpaired) electrons. The van der Waals surface area contributed by atoms with Crippen LogP contribution >= 0.6 is 0 Å². The number of ketones is 1. The molecule has 304 valence electrons. The Balaban J connectivity index is 1.06. The van der Waals surface area contributed by atoms with E-state index in [2.05, 4.69) is 25.2 Å². The Kier molecular flexibility index (Phi) is 11.4. The van der Waals surface area contributed by atoms with E-state index >= 15 is 0 Å². The number of hydrogen-bond acceptors (Lipinski definition) is 9. The van der Waals surface area contributed by atoms with Crippen molar-refractivity contribution >= 4 is 49.7 Å². The molecule has 0 spiro atoms. The fourth-order valence-corrected chi connectivity index (χ4v) is 8.57. The smallest absolute Gasteiger partial charge is 0.323 e. The highest BCUT2D eigenvalue weighted by molar-refractivity contribution is 7.92. The molecule has 1 aromatic heterocycles. The van der Waals surface area contributed by atoms with Gasteiger partial charge in [0.2, 0.25) is 10.0 Å². The van der Waals surface area contributed by atoms with E-state index in [4.69, 9.17) is 14.2 Å². The molecule has 0 unspecified atom stereocenters. The molecular formula is C45H51N5O7S. The van der Waals surface area contributed by atoms with E-state index in [9.17, 15) is 18.0 Å². The Labute approximate surface area is 340 Å². The highest BCUT2D eigenvalue weighted by Gasteiger charge is 2.41. The summed E-state index contributed by atoms with van der Waals surface area (Å²) in [6.45, 7) is 9.22. The molecule has 3 saturated heterocycles. The van der Waals surface area contributed by atoms with Crippen molar-refractivity contribution in [3.63, 3.8) is 0 Å². The number of benzene rings is 4. The number of urea groups is 1. The van der Waals surface area contributed by atoms with Crippen molar-refractivity contribution in [2.75, 3.05) is 55.5 Å². The summed E-state index contributed by atoms with van der Waals surface area (Å²) in [4.78, 5) is 34.2. The first-order valence-electron chi connectivity index (χ1n) is 19.5. The average Bonchev–Trinajstić information content (AvgIpc) is 3.18. The molecule has 0 atom stereocenters. The van der Waals surface area contributed by atoms with Gasteiger partial charge in [-0.1, -0.05) is 51.1 Å². The lowest BCUT2D eigenvalue weighted by Crippen LogP contribution is -2.48. The van der Waals surface area contributed by atoms with Crippen LogP contribution in [0, 0.1) is 5.41 Å². The number of methoxy groups -OCH3 is 2. The van der Waals surface area contributed by atoms with Gasteiger partial charge in [0.1, 0.15) is 17.2 Å². The maximum absolute atomic E-state index is 13.5. The van der Waals surface area contributed by atoms with Crippen LogP contribution in [0.4, 0.5) is 21.9 Å². The number of piperidine rings is 3. The molecule has 3 N–H and O–H groups in total. The van der Waals surface area contributed by atoms with Gasteiger partial charge in [-0.25, -0.2) is 13.2 Å². The number of fused-ring (bicyclic) bond motifs is 4. The number of anilines is 3. The quantitative estimate of drug-likeness (QED) is 0.0992. The van der Waals surface area contributed by atoms with Gasteiger partial charge in [0.05, 0.1) is 43.1 Å². The monoisotopic (exact) mass is 805 g/mol. The van der Waals surface area contributed by atoms with Crippen LogP contribution in [-0.2, 0) is 21.9 Å². The number of nitrogens with one attached hydrogen (secondary N) is 3. The second-order valence-electron chi connectivity index (χ2n) is 16.5. The minimum Gasteiger partial charge on any atom is -0.496 e. The molecule has 3 fully saturated rings. The minimum absolute atomic E-state index is 0.109. The molecule has 2 amide bonds. The van der Waals surface area contributed by atoms with E-state index in [1.165, 1.54) is 7.11 Å². The lowest BCUT2D eigenvalue weighted by atomic mass is 9.68. The van der Waals surface area contributed by atoms with Gasteiger partial charge in [-0.2, -0.15) is 0 Å². The molecule has 0 aliphatic carbocycles. The summed E-state index contributed by atoms with van der Waals surface area (Å²) in [5, 5.41) is 7.32. The first-order chi connectivity index (χ1) is 27.6.